The topological polar surface area (TPSA) is 114 Å². The van der Waals surface area contributed by atoms with E-state index in [-0.39, 0.29) is 24.9 Å². The maximum Gasteiger partial charge on any atom is 0.306 e. The molecule has 0 saturated heterocycles. The van der Waals surface area contributed by atoms with Gasteiger partial charge in [0.15, 0.2) is 0 Å². The minimum Gasteiger partial charge on any atom is -0.756 e. The summed E-state index contributed by atoms with van der Waals surface area (Å²) in [6, 6.07) is -0.902. The summed E-state index contributed by atoms with van der Waals surface area (Å²) in [5, 5.41) is 3.04. The molecule has 0 bridgehead atoms. The summed E-state index contributed by atoms with van der Waals surface area (Å²) in [5.41, 5.74) is 0. The third-order valence-corrected chi connectivity index (χ3v) is 17.0. The molecule has 10 heteroatoms. The molecule has 0 rings (SSSR count). The lowest BCUT2D eigenvalue weighted by Crippen LogP contribution is -2.47. The van der Waals surface area contributed by atoms with Gasteiger partial charge in [0.25, 0.3) is 7.82 Å². The Balaban J connectivity index is 5.12. The number of rotatable bonds is 66. The van der Waals surface area contributed by atoms with Gasteiger partial charge in [-0.25, -0.2) is 0 Å². The van der Waals surface area contributed by atoms with Gasteiger partial charge >= 0.3 is 5.97 Å². The molecule has 0 aliphatic heterocycles. The smallest absolute Gasteiger partial charge is 0.306 e. The number of nitrogens with zero attached hydrogens (tertiary/aromatic N) is 1. The van der Waals surface area contributed by atoms with Gasteiger partial charge < -0.3 is 28.5 Å². The molecule has 0 saturated carbocycles. The highest BCUT2D eigenvalue weighted by Crippen LogP contribution is 2.38. The summed E-state index contributed by atoms with van der Waals surface area (Å²) in [5.74, 6) is -0.550. The van der Waals surface area contributed by atoms with Crippen molar-refractivity contribution in [1.82, 2.24) is 5.32 Å². The molecule has 9 nitrogen and oxygen atoms in total. The molecule has 0 radical (unpaired) electrons. The second-order valence-corrected chi connectivity index (χ2v) is 27.1. The van der Waals surface area contributed by atoms with Crippen LogP contribution in [0.15, 0.2) is 97.2 Å². The van der Waals surface area contributed by atoms with Crippen LogP contribution in [0, 0.1) is 0 Å². The van der Waals surface area contributed by atoms with E-state index in [0.29, 0.717) is 17.4 Å². The first-order valence-corrected chi connectivity index (χ1v) is 38.0. The lowest BCUT2D eigenvalue weighted by Gasteiger charge is -2.30. The van der Waals surface area contributed by atoms with E-state index in [0.717, 1.165) is 103 Å². The number of nitrogens with one attached hydrogen (secondary N) is 1. The number of quaternary nitrogens is 1. The Morgan fingerprint density at radius 3 is 1.07 bits per heavy atom. The van der Waals surface area contributed by atoms with Crippen LogP contribution >= 0.6 is 7.82 Å². The van der Waals surface area contributed by atoms with Crippen molar-refractivity contribution in [3.8, 4) is 0 Å². The normalized spacial score (nSPS) is 14.1. The van der Waals surface area contributed by atoms with Crippen LogP contribution in [-0.2, 0) is 27.9 Å². The zero-order valence-corrected chi connectivity index (χ0v) is 58.6. The number of hydrogen-bond acceptors (Lipinski definition) is 7. The van der Waals surface area contributed by atoms with Gasteiger partial charge in [-0.15, -0.1) is 0 Å². The molecule has 0 spiro atoms. The molecule has 0 aliphatic carbocycles. The first-order valence-electron chi connectivity index (χ1n) is 36.5. The minimum atomic E-state index is -4.72. The molecule has 1 N–H and O–H groups in total. The number of phosphoric acid groups is 1. The molecular formula is C77H139N2O7P. The molecule has 504 valence electrons. The fourth-order valence-corrected chi connectivity index (χ4v) is 11.1. The Hall–Kier alpha value is -3.07. The standard InChI is InChI=1S/C77H139N2O7P/c1-7-10-13-16-19-22-25-28-30-32-34-36-38-39-41-43-45-47-49-52-55-58-61-64-67-70-77(81)86-75(68-65-62-59-56-53-50-27-24-21-18-15-12-9-3)74(73-85-87(82,83)84-72-71-79(4,5)6)78-76(80)69-66-63-60-57-54-51-48-46-44-42-40-37-35-33-31-29-26-23-20-17-14-11-8-2/h19-20,22-23,28-31,34-37,42,44,65,68,74-75H,7-18,21,24-27,32-33,38-41,43,45-64,66-67,69-73H2,1-6H3,(H-,78,80,82,83)/b22-19-,23-20-,30-28-,31-29-,36-34-,37-35-,44-42-,68-65+. The van der Waals surface area contributed by atoms with Crippen LogP contribution in [0.25, 0.3) is 0 Å². The van der Waals surface area contributed by atoms with Gasteiger partial charge in [0.05, 0.1) is 33.8 Å². The Kier molecular flexibility index (Phi) is 63.5. The van der Waals surface area contributed by atoms with Crippen LogP contribution in [0.4, 0.5) is 0 Å². The molecule has 0 aliphatic rings. The number of likely N-dealkylation sites (N-methyl/N-ethyl adjacent to an activating group) is 1. The van der Waals surface area contributed by atoms with Crippen LogP contribution in [0.2, 0.25) is 0 Å². The van der Waals surface area contributed by atoms with Crippen molar-refractivity contribution in [2.75, 3.05) is 40.9 Å². The summed E-state index contributed by atoms with van der Waals surface area (Å²) < 4.78 is 30.5. The quantitative estimate of drug-likeness (QED) is 0.0212. The van der Waals surface area contributed by atoms with E-state index >= 15 is 0 Å². The van der Waals surface area contributed by atoms with Gasteiger partial charge in [-0.1, -0.05) is 298 Å². The third kappa shape index (κ3) is 67.2. The summed E-state index contributed by atoms with van der Waals surface area (Å²) in [4.78, 5) is 40.3. The summed E-state index contributed by atoms with van der Waals surface area (Å²) in [7, 11) is 1.17. The van der Waals surface area contributed by atoms with E-state index in [4.69, 9.17) is 13.8 Å². The number of carbonyl (C=O) groups is 2. The van der Waals surface area contributed by atoms with E-state index in [1.807, 2.05) is 33.3 Å². The Morgan fingerprint density at radius 1 is 0.402 bits per heavy atom. The third-order valence-electron chi connectivity index (χ3n) is 16.0. The summed E-state index contributed by atoms with van der Waals surface area (Å²) >= 11 is 0. The average Bonchev–Trinajstić information content (AvgIpc) is 3.69. The number of esters is 1. The fraction of sp³-hybridized carbons (Fsp3) is 0.766. The van der Waals surface area contributed by atoms with Crippen molar-refractivity contribution in [2.24, 2.45) is 0 Å². The van der Waals surface area contributed by atoms with E-state index in [9.17, 15) is 19.0 Å². The molecule has 0 aromatic rings. The van der Waals surface area contributed by atoms with Gasteiger partial charge in [-0.05, 0) is 115 Å². The summed E-state index contributed by atoms with van der Waals surface area (Å²) in [6.45, 7) is 6.81. The highest BCUT2D eigenvalue weighted by molar-refractivity contribution is 7.45. The number of ether oxygens (including phenoxy) is 1. The largest absolute Gasteiger partial charge is 0.756 e. The molecular weight excluding hydrogens is 1100 g/mol. The predicted molar refractivity (Wildman–Crippen MR) is 376 cm³/mol. The number of unbranched alkanes of at least 4 members (excludes halogenated alkanes) is 36. The lowest BCUT2D eigenvalue weighted by atomic mass is 10.0. The van der Waals surface area contributed by atoms with Crippen LogP contribution in [0.3, 0.4) is 0 Å². The van der Waals surface area contributed by atoms with E-state index in [2.05, 4.69) is 111 Å². The summed E-state index contributed by atoms with van der Waals surface area (Å²) in [6.07, 6.45) is 89.5. The van der Waals surface area contributed by atoms with Crippen molar-refractivity contribution in [3.05, 3.63) is 97.2 Å². The number of phosphoric ester groups is 1. The zero-order valence-electron chi connectivity index (χ0n) is 57.7. The SMILES string of the molecule is CCCCC/C=C\C/C=C\C/C=C\C/C=C\CCCCCCCCCC(=O)NC(COP(=O)([O-])OCC[N+](C)(C)C)C(/C=C/CCCCCCCCCCCCC)OC(=O)CCCCCCCCCCCCCC/C=C\C/C=C\C/C=C\CCCCC. The highest BCUT2D eigenvalue weighted by Gasteiger charge is 2.27. The Morgan fingerprint density at radius 2 is 0.701 bits per heavy atom. The van der Waals surface area contributed by atoms with Crippen LogP contribution in [-0.4, -0.2) is 69.4 Å². The van der Waals surface area contributed by atoms with Crippen LogP contribution < -0.4 is 10.2 Å². The minimum absolute atomic E-state index is 0.0283. The number of hydrogen-bond donors (Lipinski definition) is 1. The Labute approximate surface area is 538 Å². The molecule has 3 atom stereocenters. The molecule has 87 heavy (non-hydrogen) atoms. The van der Waals surface area contributed by atoms with E-state index < -0.39 is 26.6 Å². The van der Waals surface area contributed by atoms with Gasteiger partial charge in [0.1, 0.15) is 19.3 Å². The van der Waals surface area contributed by atoms with Crippen molar-refractivity contribution in [1.29, 1.82) is 0 Å². The van der Waals surface area contributed by atoms with Gasteiger partial charge in [-0.2, -0.15) is 0 Å². The molecule has 3 unspecified atom stereocenters. The first-order chi connectivity index (χ1) is 42.4. The van der Waals surface area contributed by atoms with Gasteiger partial charge in [-0.3, -0.25) is 14.2 Å². The number of carbonyl (C=O) groups excluding carboxylic acids is 2. The Bertz CT molecular complexity index is 1810. The lowest BCUT2D eigenvalue weighted by molar-refractivity contribution is -0.870. The van der Waals surface area contributed by atoms with E-state index in [1.165, 1.54) is 193 Å². The molecule has 0 aromatic heterocycles. The molecule has 1 amide bonds. The second-order valence-electron chi connectivity index (χ2n) is 25.7. The number of amides is 1. The fourth-order valence-electron chi connectivity index (χ4n) is 10.3. The predicted octanol–water partition coefficient (Wildman–Crippen LogP) is 22.8. The maximum absolute atomic E-state index is 13.6. The zero-order chi connectivity index (χ0) is 63.5. The van der Waals surface area contributed by atoms with E-state index in [1.54, 1.807) is 0 Å². The van der Waals surface area contributed by atoms with Crippen molar-refractivity contribution in [3.63, 3.8) is 0 Å². The first kappa shape index (κ1) is 83.9. The molecule has 0 heterocycles. The number of allylic oxidation sites excluding steroid dienone is 15. The van der Waals surface area contributed by atoms with Crippen molar-refractivity contribution >= 4 is 19.7 Å². The van der Waals surface area contributed by atoms with Crippen LogP contribution in [0.5, 0.6) is 0 Å². The monoisotopic (exact) mass is 1240 g/mol. The molecule has 0 aromatic carbocycles. The van der Waals surface area contributed by atoms with Gasteiger partial charge in [0, 0.05) is 12.8 Å². The highest BCUT2D eigenvalue weighted by atomic mass is 31.2. The van der Waals surface area contributed by atoms with Crippen molar-refractivity contribution < 1.29 is 37.3 Å². The van der Waals surface area contributed by atoms with Crippen LogP contribution in [0.1, 0.15) is 329 Å². The second kappa shape index (κ2) is 65.9. The van der Waals surface area contributed by atoms with Crippen molar-refractivity contribution in [2.45, 2.75) is 341 Å². The van der Waals surface area contributed by atoms with Gasteiger partial charge in [0.2, 0.25) is 5.91 Å². The molecule has 0 fully saturated rings. The average molecular weight is 1240 g/mol. The maximum atomic E-state index is 13.6.